The van der Waals surface area contributed by atoms with E-state index >= 15 is 0 Å². The molecular formula is C10H11BrF3NO. The Bertz CT molecular complexity index is 390. The first-order valence-electron chi connectivity index (χ1n) is 4.47. The Hall–Kier alpha value is -0.750. The van der Waals surface area contributed by atoms with Crippen molar-refractivity contribution in [3.63, 3.8) is 0 Å². The Balaban J connectivity index is 3.49. The Morgan fingerprint density at radius 3 is 2.31 bits per heavy atom. The molecule has 2 nitrogen and oxygen atoms in total. The van der Waals surface area contributed by atoms with Gasteiger partial charge in [0.1, 0.15) is 5.75 Å². The zero-order chi connectivity index (χ0) is 12.5. The van der Waals surface area contributed by atoms with Crippen LogP contribution >= 0.6 is 15.9 Å². The summed E-state index contributed by atoms with van der Waals surface area (Å²) in [5.74, 6) is -0.217. The summed E-state index contributed by atoms with van der Waals surface area (Å²) in [7, 11) is 1.20. The first-order valence-corrected chi connectivity index (χ1v) is 5.27. The van der Waals surface area contributed by atoms with Crippen molar-refractivity contribution in [3.8, 4) is 5.75 Å². The number of methoxy groups -OCH3 is 1. The number of alkyl halides is 3. The van der Waals surface area contributed by atoms with Gasteiger partial charge in [-0.05, 0) is 19.1 Å². The molecule has 6 heteroatoms. The first-order chi connectivity index (χ1) is 7.27. The highest BCUT2D eigenvalue weighted by Gasteiger charge is 2.36. The fourth-order valence-corrected chi connectivity index (χ4v) is 1.87. The lowest BCUT2D eigenvalue weighted by Gasteiger charge is -2.18. The minimum Gasteiger partial charge on any atom is -0.496 e. The maximum Gasteiger partial charge on any atom is 0.420 e. The minimum absolute atomic E-state index is 0.217. The lowest BCUT2D eigenvalue weighted by atomic mass is 10.0. The molecule has 16 heavy (non-hydrogen) atoms. The molecule has 0 amide bonds. The molecule has 1 rings (SSSR count). The predicted octanol–water partition coefficient (Wildman–Crippen LogP) is 3.50. The van der Waals surface area contributed by atoms with E-state index in [0.717, 1.165) is 6.07 Å². The summed E-state index contributed by atoms with van der Waals surface area (Å²) < 4.78 is 43.3. The highest BCUT2D eigenvalue weighted by Crippen LogP contribution is 2.41. The second-order valence-corrected chi connectivity index (χ2v) is 4.28. The van der Waals surface area contributed by atoms with Crippen molar-refractivity contribution in [2.24, 2.45) is 5.73 Å². The Labute approximate surface area is 99.7 Å². The topological polar surface area (TPSA) is 35.2 Å². The zero-order valence-corrected chi connectivity index (χ0v) is 10.3. The van der Waals surface area contributed by atoms with Crippen LogP contribution < -0.4 is 10.5 Å². The summed E-state index contributed by atoms with van der Waals surface area (Å²) in [5.41, 5.74) is 5.10. The van der Waals surface area contributed by atoms with Gasteiger partial charge in [-0.2, -0.15) is 13.2 Å². The van der Waals surface area contributed by atoms with Gasteiger partial charge in [-0.15, -0.1) is 0 Å². The smallest absolute Gasteiger partial charge is 0.420 e. The van der Waals surface area contributed by atoms with E-state index in [9.17, 15) is 13.2 Å². The minimum atomic E-state index is -4.46. The molecule has 0 fully saturated rings. The first kappa shape index (κ1) is 13.3. The standard InChI is InChI=1S/C10H11BrF3NO/c1-5(15)7-3-6(11)4-8(9(7)16-2)10(12,13)14/h3-5H,15H2,1-2H3. The fourth-order valence-electron chi connectivity index (χ4n) is 1.39. The number of hydrogen-bond donors (Lipinski definition) is 1. The van der Waals surface area contributed by atoms with Gasteiger partial charge in [-0.25, -0.2) is 0 Å². The number of benzene rings is 1. The van der Waals surface area contributed by atoms with Crippen molar-refractivity contribution < 1.29 is 17.9 Å². The van der Waals surface area contributed by atoms with Crippen molar-refractivity contribution in [2.75, 3.05) is 7.11 Å². The summed E-state index contributed by atoms with van der Waals surface area (Å²) in [4.78, 5) is 0. The second kappa shape index (κ2) is 4.63. The molecule has 0 saturated carbocycles. The molecule has 0 aliphatic rings. The van der Waals surface area contributed by atoms with Crippen LogP contribution in [0.4, 0.5) is 13.2 Å². The van der Waals surface area contributed by atoms with Crippen molar-refractivity contribution in [1.29, 1.82) is 0 Å². The zero-order valence-electron chi connectivity index (χ0n) is 8.73. The van der Waals surface area contributed by atoms with E-state index in [-0.39, 0.29) is 5.75 Å². The van der Waals surface area contributed by atoms with Crippen LogP contribution in [0.5, 0.6) is 5.75 Å². The van der Waals surface area contributed by atoms with Crippen molar-refractivity contribution >= 4 is 15.9 Å². The van der Waals surface area contributed by atoms with Crippen LogP contribution in [0.15, 0.2) is 16.6 Å². The highest BCUT2D eigenvalue weighted by molar-refractivity contribution is 9.10. The Morgan fingerprint density at radius 1 is 1.38 bits per heavy atom. The van der Waals surface area contributed by atoms with Crippen LogP contribution in [-0.2, 0) is 6.18 Å². The predicted molar refractivity (Wildman–Crippen MR) is 58.3 cm³/mol. The SMILES string of the molecule is COc1c(C(C)N)cc(Br)cc1C(F)(F)F. The molecule has 1 aromatic carbocycles. The summed E-state index contributed by atoms with van der Waals surface area (Å²) in [6, 6.07) is 1.97. The van der Waals surface area contributed by atoms with Crippen LogP contribution in [-0.4, -0.2) is 7.11 Å². The molecule has 0 aliphatic carbocycles. The van der Waals surface area contributed by atoms with Gasteiger partial charge >= 0.3 is 6.18 Å². The van der Waals surface area contributed by atoms with Gasteiger partial charge in [0.25, 0.3) is 0 Å². The quantitative estimate of drug-likeness (QED) is 0.907. The van der Waals surface area contributed by atoms with Crippen LogP contribution in [0.1, 0.15) is 24.1 Å². The molecule has 90 valence electrons. The summed E-state index contributed by atoms with van der Waals surface area (Å²) in [6.07, 6.45) is -4.46. The molecule has 0 aromatic heterocycles. The maximum absolute atomic E-state index is 12.7. The number of hydrogen-bond acceptors (Lipinski definition) is 2. The van der Waals surface area contributed by atoms with E-state index < -0.39 is 17.8 Å². The van der Waals surface area contributed by atoms with Gasteiger partial charge < -0.3 is 10.5 Å². The molecule has 0 radical (unpaired) electrons. The molecule has 0 heterocycles. The van der Waals surface area contributed by atoms with Crippen LogP contribution in [0, 0.1) is 0 Å². The van der Waals surface area contributed by atoms with E-state index in [1.807, 2.05) is 0 Å². The lowest BCUT2D eigenvalue weighted by molar-refractivity contribution is -0.138. The number of ether oxygens (including phenoxy) is 1. The summed E-state index contributed by atoms with van der Waals surface area (Å²) >= 11 is 3.03. The fraction of sp³-hybridized carbons (Fsp3) is 0.400. The van der Waals surface area contributed by atoms with Gasteiger partial charge in [0.15, 0.2) is 0 Å². The third-order valence-corrected chi connectivity index (χ3v) is 2.54. The molecule has 1 atom stereocenters. The van der Waals surface area contributed by atoms with Gasteiger partial charge in [-0.3, -0.25) is 0 Å². The Kier molecular flexibility index (Phi) is 3.85. The van der Waals surface area contributed by atoms with Crippen molar-refractivity contribution in [1.82, 2.24) is 0 Å². The molecule has 0 bridgehead atoms. The van der Waals surface area contributed by atoms with E-state index in [4.69, 9.17) is 10.5 Å². The van der Waals surface area contributed by atoms with Gasteiger partial charge in [0.05, 0.1) is 12.7 Å². The number of rotatable bonds is 2. The van der Waals surface area contributed by atoms with Gasteiger partial charge in [0, 0.05) is 16.1 Å². The third-order valence-electron chi connectivity index (χ3n) is 2.08. The molecule has 2 N–H and O–H groups in total. The van der Waals surface area contributed by atoms with Crippen molar-refractivity contribution in [3.05, 3.63) is 27.7 Å². The van der Waals surface area contributed by atoms with E-state index in [0.29, 0.717) is 10.0 Å². The van der Waals surface area contributed by atoms with Crippen LogP contribution in [0.25, 0.3) is 0 Å². The summed E-state index contributed by atoms with van der Waals surface area (Å²) in [5, 5.41) is 0. The highest BCUT2D eigenvalue weighted by atomic mass is 79.9. The number of halogens is 4. The monoisotopic (exact) mass is 297 g/mol. The third kappa shape index (κ3) is 2.68. The van der Waals surface area contributed by atoms with E-state index in [1.54, 1.807) is 6.92 Å². The molecule has 0 saturated heterocycles. The summed E-state index contributed by atoms with van der Waals surface area (Å²) in [6.45, 7) is 1.60. The molecule has 0 spiro atoms. The molecule has 1 unspecified atom stereocenters. The number of nitrogens with two attached hydrogens (primary N) is 1. The van der Waals surface area contributed by atoms with Crippen molar-refractivity contribution in [2.45, 2.75) is 19.1 Å². The second-order valence-electron chi connectivity index (χ2n) is 3.36. The average molecular weight is 298 g/mol. The maximum atomic E-state index is 12.7. The van der Waals surface area contributed by atoms with Gasteiger partial charge in [0.2, 0.25) is 0 Å². The van der Waals surface area contributed by atoms with E-state index in [2.05, 4.69) is 15.9 Å². The van der Waals surface area contributed by atoms with Crippen LogP contribution in [0.3, 0.4) is 0 Å². The largest absolute Gasteiger partial charge is 0.496 e. The van der Waals surface area contributed by atoms with Crippen LogP contribution in [0.2, 0.25) is 0 Å². The molecular weight excluding hydrogens is 287 g/mol. The molecule has 0 aliphatic heterocycles. The van der Waals surface area contributed by atoms with E-state index in [1.165, 1.54) is 13.2 Å². The average Bonchev–Trinajstić information content (AvgIpc) is 2.14. The Morgan fingerprint density at radius 2 is 1.94 bits per heavy atom. The van der Waals surface area contributed by atoms with Gasteiger partial charge in [-0.1, -0.05) is 15.9 Å². The molecule has 1 aromatic rings. The lowest BCUT2D eigenvalue weighted by Crippen LogP contribution is -2.13. The normalized spacial score (nSPS) is 13.7.